The third-order valence-electron chi connectivity index (χ3n) is 2.74. The van der Waals surface area contributed by atoms with Crippen LogP contribution < -0.4 is 10.9 Å². The molecule has 0 fully saturated rings. The summed E-state index contributed by atoms with van der Waals surface area (Å²) in [5.74, 6) is -0.366. The van der Waals surface area contributed by atoms with Crippen molar-refractivity contribution in [1.29, 1.82) is 0 Å². The van der Waals surface area contributed by atoms with E-state index < -0.39 is 5.56 Å². The van der Waals surface area contributed by atoms with E-state index in [2.05, 4.69) is 17.2 Å². The number of amides is 1. The summed E-state index contributed by atoms with van der Waals surface area (Å²) < 4.78 is 0. The highest BCUT2D eigenvalue weighted by molar-refractivity contribution is 6.31. The number of pyridine rings is 1. The predicted molar refractivity (Wildman–Crippen MR) is 73.3 cm³/mol. The summed E-state index contributed by atoms with van der Waals surface area (Å²) in [7, 11) is 0. The second kappa shape index (κ2) is 7.21. The molecule has 18 heavy (non-hydrogen) atoms. The number of unbranched alkanes of at least 4 members (excludes halogenated alkanes) is 3. The molecule has 1 aromatic rings. The van der Waals surface area contributed by atoms with Crippen LogP contribution in [-0.4, -0.2) is 17.4 Å². The molecule has 1 heterocycles. The number of rotatable bonds is 6. The highest BCUT2D eigenvalue weighted by Crippen LogP contribution is 2.11. The number of carbonyl (C=O) groups is 1. The van der Waals surface area contributed by atoms with Crippen LogP contribution in [0.15, 0.2) is 10.9 Å². The molecule has 0 radical (unpaired) electrons. The fourth-order valence-electron chi connectivity index (χ4n) is 1.62. The van der Waals surface area contributed by atoms with Crippen LogP contribution in [0.2, 0.25) is 5.02 Å². The van der Waals surface area contributed by atoms with Crippen LogP contribution in [-0.2, 0) is 0 Å². The smallest absolute Gasteiger partial charge is 0.261 e. The molecular weight excluding hydrogens is 252 g/mol. The lowest BCUT2D eigenvalue weighted by molar-refractivity contribution is 0.0951. The van der Waals surface area contributed by atoms with Crippen LogP contribution in [0.25, 0.3) is 0 Å². The summed E-state index contributed by atoms with van der Waals surface area (Å²) >= 11 is 5.88. The highest BCUT2D eigenvalue weighted by Gasteiger charge is 2.11. The number of aryl methyl sites for hydroxylation is 1. The van der Waals surface area contributed by atoms with E-state index in [1.165, 1.54) is 6.07 Å². The first-order valence-electron chi connectivity index (χ1n) is 6.24. The van der Waals surface area contributed by atoms with Gasteiger partial charge in [0.1, 0.15) is 5.56 Å². The molecule has 1 rings (SSSR count). The molecule has 4 nitrogen and oxygen atoms in total. The first-order valence-corrected chi connectivity index (χ1v) is 6.61. The number of aromatic amines is 1. The number of halogens is 1. The van der Waals surface area contributed by atoms with Crippen molar-refractivity contribution in [2.45, 2.75) is 39.5 Å². The Morgan fingerprint density at radius 2 is 2.11 bits per heavy atom. The Morgan fingerprint density at radius 3 is 2.78 bits per heavy atom. The largest absolute Gasteiger partial charge is 0.352 e. The van der Waals surface area contributed by atoms with Gasteiger partial charge >= 0.3 is 0 Å². The number of hydrogen-bond acceptors (Lipinski definition) is 2. The Labute approximate surface area is 112 Å². The Hall–Kier alpha value is -1.29. The second-order valence-corrected chi connectivity index (χ2v) is 4.71. The Morgan fingerprint density at radius 1 is 1.39 bits per heavy atom. The normalized spacial score (nSPS) is 10.4. The van der Waals surface area contributed by atoms with Gasteiger partial charge in [0.15, 0.2) is 0 Å². The van der Waals surface area contributed by atoms with Gasteiger partial charge in [-0.05, 0) is 19.4 Å². The van der Waals surface area contributed by atoms with Crippen molar-refractivity contribution in [3.8, 4) is 0 Å². The first-order chi connectivity index (χ1) is 8.56. The monoisotopic (exact) mass is 270 g/mol. The molecule has 5 heteroatoms. The van der Waals surface area contributed by atoms with Crippen molar-refractivity contribution in [3.63, 3.8) is 0 Å². The maximum absolute atomic E-state index is 11.8. The highest BCUT2D eigenvalue weighted by atomic mass is 35.5. The molecular formula is C13H19ClN2O2. The minimum atomic E-state index is -0.400. The number of carbonyl (C=O) groups excluding carboxylic acids is 1. The molecule has 1 amide bonds. The van der Waals surface area contributed by atoms with Gasteiger partial charge in [-0.15, -0.1) is 0 Å². The molecule has 0 aliphatic heterocycles. The molecule has 0 bridgehead atoms. The van der Waals surface area contributed by atoms with Gasteiger partial charge in [-0.3, -0.25) is 9.59 Å². The average molecular weight is 271 g/mol. The van der Waals surface area contributed by atoms with Crippen molar-refractivity contribution >= 4 is 17.5 Å². The van der Waals surface area contributed by atoms with E-state index in [1.807, 2.05) is 0 Å². The summed E-state index contributed by atoms with van der Waals surface area (Å²) in [5.41, 5.74) is 0.241. The standard InChI is InChI=1S/C13H19ClN2O2/c1-3-4-5-6-7-15-12(17)10-8-11(14)9(2)16-13(10)18/h8H,3-7H2,1-2H3,(H,15,17)(H,16,18). The average Bonchev–Trinajstić information content (AvgIpc) is 2.33. The quantitative estimate of drug-likeness (QED) is 0.781. The zero-order chi connectivity index (χ0) is 13.5. The van der Waals surface area contributed by atoms with Crippen molar-refractivity contribution in [2.75, 3.05) is 6.54 Å². The third kappa shape index (κ3) is 4.18. The molecule has 0 saturated heterocycles. The van der Waals surface area contributed by atoms with Crippen LogP contribution in [0, 0.1) is 6.92 Å². The summed E-state index contributed by atoms with van der Waals surface area (Å²) in [6.45, 7) is 4.41. The first kappa shape index (κ1) is 14.8. The van der Waals surface area contributed by atoms with Gasteiger partial charge in [0, 0.05) is 12.2 Å². The van der Waals surface area contributed by atoms with E-state index in [0.29, 0.717) is 17.3 Å². The third-order valence-corrected chi connectivity index (χ3v) is 3.13. The second-order valence-electron chi connectivity index (χ2n) is 4.30. The summed E-state index contributed by atoms with van der Waals surface area (Å²) in [4.78, 5) is 25.9. The van der Waals surface area contributed by atoms with Crippen molar-refractivity contribution in [3.05, 3.63) is 32.7 Å². The maximum atomic E-state index is 11.8. The van der Waals surface area contributed by atoms with Gasteiger partial charge in [0.25, 0.3) is 11.5 Å². The zero-order valence-electron chi connectivity index (χ0n) is 10.8. The van der Waals surface area contributed by atoms with Crippen LogP contribution >= 0.6 is 11.6 Å². The molecule has 1 aromatic heterocycles. The van der Waals surface area contributed by atoms with Crippen LogP contribution in [0.5, 0.6) is 0 Å². The van der Waals surface area contributed by atoms with Gasteiger partial charge in [0.05, 0.1) is 5.02 Å². The van der Waals surface area contributed by atoms with Crippen LogP contribution in [0.3, 0.4) is 0 Å². The Kier molecular flexibility index (Phi) is 5.92. The molecule has 0 unspecified atom stereocenters. The van der Waals surface area contributed by atoms with Crippen molar-refractivity contribution in [1.82, 2.24) is 10.3 Å². The lowest BCUT2D eigenvalue weighted by atomic mass is 10.2. The Bertz CT molecular complexity index is 469. The molecule has 0 atom stereocenters. The maximum Gasteiger partial charge on any atom is 0.261 e. The minimum absolute atomic E-state index is 0.0705. The number of nitrogens with one attached hydrogen (secondary N) is 2. The van der Waals surface area contributed by atoms with E-state index in [4.69, 9.17) is 11.6 Å². The lowest BCUT2D eigenvalue weighted by Crippen LogP contribution is -2.30. The number of H-pyrrole nitrogens is 1. The summed E-state index contributed by atoms with van der Waals surface area (Å²) in [6.07, 6.45) is 4.33. The van der Waals surface area contributed by atoms with E-state index in [-0.39, 0.29) is 11.5 Å². The van der Waals surface area contributed by atoms with Gasteiger partial charge < -0.3 is 10.3 Å². The van der Waals surface area contributed by atoms with E-state index in [0.717, 1.165) is 25.7 Å². The van der Waals surface area contributed by atoms with Crippen molar-refractivity contribution < 1.29 is 4.79 Å². The minimum Gasteiger partial charge on any atom is -0.352 e. The van der Waals surface area contributed by atoms with E-state index in [1.54, 1.807) is 6.92 Å². The summed E-state index contributed by atoms with van der Waals surface area (Å²) in [6, 6.07) is 1.41. The number of aromatic nitrogens is 1. The van der Waals surface area contributed by atoms with Crippen molar-refractivity contribution in [2.24, 2.45) is 0 Å². The zero-order valence-corrected chi connectivity index (χ0v) is 11.6. The lowest BCUT2D eigenvalue weighted by Gasteiger charge is -2.05. The molecule has 100 valence electrons. The molecule has 0 aromatic carbocycles. The van der Waals surface area contributed by atoms with Gasteiger partial charge in [0.2, 0.25) is 0 Å². The molecule has 0 aliphatic rings. The van der Waals surface area contributed by atoms with Gasteiger partial charge in [-0.25, -0.2) is 0 Å². The Balaban J connectivity index is 2.57. The van der Waals surface area contributed by atoms with Gasteiger partial charge in [-0.1, -0.05) is 37.8 Å². The van der Waals surface area contributed by atoms with E-state index >= 15 is 0 Å². The SMILES string of the molecule is CCCCCCNC(=O)c1cc(Cl)c(C)[nH]c1=O. The molecule has 2 N–H and O–H groups in total. The number of hydrogen-bond donors (Lipinski definition) is 2. The topological polar surface area (TPSA) is 62.0 Å². The van der Waals surface area contributed by atoms with Gasteiger partial charge in [-0.2, -0.15) is 0 Å². The van der Waals surface area contributed by atoms with Crippen LogP contribution in [0.1, 0.15) is 48.7 Å². The molecule has 0 saturated carbocycles. The summed E-state index contributed by atoms with van der Waals surface area (Å²) in [5, 5.41) is 3.12. The van der Waals surface area contributed by atoms with E-state index in [9.17, 15) is 9.59 Å². The fraction of sp³-hybridized carbons (Fsp3) is 0.538. The molecule has 0 spiro atoms. The van der Waals surface area contributed by atoms with Crippen LogP contribution in [0.4, 0.5) is 0 Å². The predicted octanol–water partition coefficient (Wildman–Crippen LogP) is 2.65. The molecule has 0 aliphatic carbocycles. The fourth-order valence-corrected chi connectivity index (χ4v) is 1.77.